The molecule has 5 heteroatoms. The van der Waals surface area contributed by atoms with E-state index in [1.807, 2.05) is 59.6 Å². The average Bonchev–Trinajstić information content (AvgIpc) is 3.29. The van der Waals surface area contributed by atoms with Gasteiger partial charge in [0.25, 0.3) is 0 Å². The Morgan fingerprint density at radius 3 is 2.12 bits per heavy atom. The second-order valence-electron chi connectivity index (χ2n) is 5.63. The number of halogens is 3. The Morgan fingerprint density at radius 2 is 1.48 bits per heavy atom. The van der Waals surface area contributed by atoms with Crippen molar-refractivity contribution in [2.24, 2.45) is 0 Å². The van der Waals surface area contributed by atoms with E-state index in [0.717, 1.165) is 29.1 Å². The van der Waals surface area contributed by atoms with Crippen LogP contribution in [0.1, 0.15) is 5.56 Å². The summed E-state index contributed by atoms with van der Waals surface area (Å²) in [5.74, 6) is -3.89. The van der Waals surface area contributed by atoms with E-state index in [1.165, 1.54) is 0 Å². The number of anilines is 1. The number of nitrogens with one attached hydrogen (secondary N) is 1. The standard InChI is InChI=1S/C20H13F3N2/c21-17-10-14(11-18(22)19(17)23)16-12-24-25(15-8-2-1-3-9-15)20(16)13-6-4-5-7-13/h1-12,24H. The van der Waals surface area contributed by atoms with Gasteiger partial charge in [0.1, 0.15) is 0 Å². The molecule has 2 aromatic rings. The van der Waals surface area contributed by atoms with Crippen molar-refractivity contribution in [3.05, 3.63) is 107 Å². The summed E-state index contributed by atoms with van der Waals surface area (Å²) in [4.78, 5) is 0. The van der Waals surface area contributed by atoms with Crippen LogP contribution in [-0.2, 0) is 0 Å². The zero-order chi connectivity index (χ0) is 17.4. The molecule has 0 radical (unpaired) electrons. The molecule has 124 valence electrons. The second-order valence-corrected chi connectivity index (χ2v) is 5.63. The Bertz CT molecular complexity index is 919. The van der Waals surface area contributed by atoms with Crippen LogP contribution in [-0.4, -0.2) is 0 Å². The fourth-order valence-electron chi connectivity index (χ4n) is 2.91. The van der Waals surface area contributed by atoms with E-state index in [9.17, 15) is 13.2 Å². The van der Waals surface area contributed by atoms with Gasteiger partial charge in [0, 0.05) is 17.3 Å². The van der Waals surface area contributed by atoms with Crippen molar-refractivity contribution in [3.63, 3.8) is 0 Å². The Balaban J connectivity index is 1.85. The van der Waals surface area contributed by atoms with Gasteiger partial charge in [-0.15, -0.1) is 0 Å². The van der Waals surface area contributed by atoms with Crippen molar-refractivity contribution in [1.82, 2.24) is 5.43 Å². The minimum atomic E-state index is -1.47. The largest absolute Gasteiger partial charge is 0.300 e. The maximum atomic E-state index is 13.7. The summed E-state index contributed by atoms with van der Waals surface area (Å²) in [5.41, 5.74) is 6.43. The minimum absolute atomic E-state index is 0.263. The zero-order valence-corrected chi connectivity index (χ0v) is 13.0. The third kappa shape index (κ3) is 2.63. The number of benzene rings is 2. The monoisotopic (exact) mass is 338 g/mol. The molecule has 0 atom stereocenters. The van der Waals surface area contributed by atoms with Crippen molar-refractivity contribution in [1.29, 1.82) is 0 Å². The summed E-state index contributed by atoms with van der Waals surface area (Å²) >= 11 is 0. The molecule has 1 heterocycles. The molecule has 2 aromatic carbocycles. The van der Waals surface area contributed by atoms with Crippen molar-refractivity contribution < 1.29 is 13.2 Å². The van der Waals surface area contributed by atoms with E-state index in [1.54, 1.807) is 6.20 Å². The first-order chi connectivity index (χ1) is 12.1. The average molecular weight is 338 g/mol. The lowest BCUT2D eigenvalue weighted by molar-refractivity contribution is 0.446. The lowest BCUT2D eigenvalue weighted by Gasteiger charge is -2.23. The molecule has 4 rings (SSSR count). The van der Waals surface area contributed by atoms with Crippen LogP contribution in [0.25, 0.3) is 5.57 Å². The second kappa shape index (κ2) is 6.02. The van der Waals surface area contributed by atoms with Crippen LogP contribution in [0.3, 0.4) is 0 Å². The maximum absolute atomic E-state index is 13.7. The number of rotatable bonds is 2. The predicted molar refractivity (Wildman–Crippen MR) is 91.7 cm³/mol. The van der Waals surface area contributed by atoms with Crippen LogP contribution >= 0.6 is 0 Å². The Morgan fingerprint density at radius 1 is 0.840 bits per heavy atom. The molecule has 0 aromatic heterocycles. The molecule has 25 heavy (non-hydrogen) atoms. The Labute approximate surface area is 142 Å². The lowest BCUT2D eigenvalue weighted by Crippen LogP contribution is -2.29. The Kier molecular flexibility index (Phi) is 3.69. The van der Waals surface area contributed by atoms with Crippen molar-refractivity contribution in [2.45, 2.75) is 0 Å². The number of hydrogen-bond acceptors (Lipinski definition) is 2. The number of nitrogens with zero attached hydrogens (tertiary/aromatic N) is 1. The van der Waals surface area contributed by atoms with E-state index in [2.05, 4.69) is 5.43 Å². The number of allylic oxidation sites excluding steroid dienone is 6. The third-order valence-electron chi connectivity index (χ3n) is 4.06. The van der Waals surface area contributed by atoms with Crippen molar-refractivity contribution in [2.75, 3.05) is 5.01 Å². The van der Waals surface area contributed by atoms with E-state index < -0.39 is 17.5 Å². The van der Waals surface area contributed by atoms with Crippen molar-refractivity contribution >= 4 is 11.3 Å². The van der Waals surface area contributed by atoms with Crippen LogP contribution in [0.4, 0.5) is 18.9 Å². The van der Waals surface area contributed by atoms with Gasteiger partial charge in [0.15, 0.2) is 17.5 Å². The van der Waals surface area contributed by atoms with Crippen LogP contribution in [0.5, 0.6) is 0 Å². The first-order valence-corrected chi connectivity index (χ1v) is 7.71. The highest BCUT2D eigenvalue weighted by Gasteiger charge is 2.27. The fourth-order valence-corrected chi connectivity index (χ4v) is 2.91. The lowest BCUT2D eigenvalue weighted by atomic mass is 10.00. The van der Waals surface area contributed by atoms with Gasteiger partial charge < -0.3 is 5.43 Å². The summed E-state index contributed by atoms with van der Waals surface area (Å²) in [7, 11) is 0. The normalized spacial score (nSPS) is 15.8. The smallest absolute Gasteiger partial charge is 0.194 e. The number of hydrazine groups is 1. The number of para-hydroxylation sites is 1. The molecular formula is C20H13F3N2. The molecule has 0 saturated heterocycles. The van der Waals surface area contributed by atoms with Gasteiger partial charge in [-0.1, -0.05) is 42.5 Å². The molecule has 0 fully saturated rings. The van der Waals surface area contributed by atoms with E-state index in [0.29, 0.717) is 5.57 Å². The van der Waals surface area contributed by atoms with Gasteiger partial charge in [-0.25, -0.2) is 13.2 Å². The molecule has 0 unspecified atom stereocenters. The van der Waals surface area contributed by atoms with Gasteiger partial charge >= 0.3 is 0 Å². The number of hydrogen-bond donors (Lipinski definition) is 1. The Hall–Kier alpha value is -3.21. The van der Waals surface area contributed by atoms with Gasteiger partial charge in [-0.05, 0) is 29.8 Å². The van der Waals surface area contributed by atoms with Crippen LogP contribution < -0.4 is 10.4 Å². The molecule has 2 aliphatic rings. The summed E-state index contributed by atoms with van der Waals surface area (Å²) < 4.78 is 40.7. The SMILES string of the molecule is Fc1cc(C2=CNN(c3ccccc3)C2=C2C=CC=C2)cc(F)c1F. The molecular weight excluding hydrogens is 325 g/mol. The zero-order valence-electron chi connectivity index (χ0n) is 13.0. The highest BCUT2D eigenvalue weighted by Crippen LogP contribution is 2.37. The van der Waals surface area contributed by atoms with Crippen molar-refractivity contribution in [3.8, 4) is 0 Å². The molecule has 0 saturated carbocycles. The highest BCUT2D eigenvalue weighted by atomic mass is 19.2. The molecule has 0 spiro atoms. The summed E-state index contributed by atoms with van der Waals surface area (Å²) in [5, 5.41) is 1.82. The summed E-state index contributed by atoms with van der Waals surface area (Å²) in [6.45, 7) is 0. The maximum Gasteiger partial charge on any atom is 0.194 e. The minimum Gasteiger partial charge on any atom is -0.300 e. The van der Waals surface area contributed by atoms with Crippen LogP contribution in [0, 0.1) is 17.5 Å². The molecule has 1 aliphatic heterocycles. The highest BCUT2D eigenvalue weighted by molar-refractivity contribution is 5.88. The molecule has 1 N–H and O–H groups in total. The van der Waals surface area contributed by atoms with E-state index >= 15 is 0 Å². The molecule has 2 nitrogen and oxygen atoms in total. The fraction of sp³-hybridized carbons (Fsp3) is 0. The topological polar surface area (TPSA) is 15.3 Å². The van der Waals surface area contributed by atoms with Crippen LogP contribution in [0.2, 0.25) is 0 Å². The van der Waals surface area contributed by atoms with Gasteiger partial charge in [0.05, 0.1) is 11.4 Å². The first kappa shape index (κ1) is 15.3. The molecule has 1 aliphatic carbocycles. The van der Waals surface area contributed by atoms with Gasteiger partial charge in [-0.3, -0.25) is 5.01 Å². The van der Waals surface area contributed by atoms with E-state index in [4.69, 9.17) is 0 Å². The third-order valence-corrected chi connectivity index (χ3v) is 4.06. The molecule has 0 bridgehead atoms. The van der Waals surface area contributed by atoms with Crippen LogP contribution in [0.15, 0.2) is 84.2 Å². The van der Waals surface area contributed by atoms with E-state index in [-0.39, 0.29) is 5.56 Å². The summed E-state index contributed by atoms with van der Waals surface area (Å²) in [6, 6.07) is 11.5. The quantitative estimate of drug-likeness (QED) is 0.788. The van der Waals surface area contributed by atoms with Gasteiger partial charge in [0.2, 0.25) is 0 Å². The van der Waals surface area contributed by atoms with Gasteiger partial charge in [-0.2, -0.15) is 0 Å². The summed E-state index contributed by atoms with van der Waals surface area (Å²) in [6.07, 6.45) is 9.23. The predicted octanol–water partition coefficient (Wildman–Crippen LogP) is 4.85. The molecule has 0 amide bonds. The first-order valence-electron chi connectivity index (χ1n) is 7.71.